The van der Waals surface area contributed by atoms with E-state index in [2.05, 4.69) is 4.74 Å². The Labute approximate surface area is 68.6 Å². The molecule has 0 saturated carbocycles. The molecular weight excluding hydrogens is 166 g/mol. The summed E-state index contributed by atoms with van der Waals surface area (Å²) in [5.41, 5.74) is 5.34. The molecule has 0 aromatic carbocycles. The molecule has 1 unspecified atom stereocenters. The van der Waals surface area contributed by atoms with Gasteiger partial charge in [-0.25, -0.2) is 0 Å². The highest BCUT2D eigenvalue weighted by molar-refractivity contribution is 7.84. The largest absolute Gasteiger partial charge is 0.465 e. The SMILES string of the molecule is CCOC(=O)[C@@H](N)CS(C)=O. The molecule has 2 atom stereocenters. The van der Waals surface area contributed by atoms with Crippen LogP contribution < -0.4 is 5.73 Å². The first-order chi connectivity index (χ1) is 5.07. The lowest BCUT2D eigenvalue weighted by Crippen LogP contribution is -2.37. The van der Waals surface area contributed by atoms with Crippen molar-refractivity contribution in [2.75, 3.05) is 18.6 Å². The standard InChI is InChI=1S/C6H13NO3S/c1-3-10-6(8)5(7)4-11(2)9/h5H,3-4,7H2,1-2H3/t5-,11?/m0/s1. The van der Waals surface area contributed by atoms with Gasteiger partial charge in [0, 0.05) is 22.8 Å². The second kappa shape index (κ2) is 5.26. The molecule has 2 N–H and O–H groups in total. The molecule has 0 aromatic heterocycles. The zero-order valence-electron chi connectivity index (χ0n) is 6.70. The summed E-state index contributed by atoms with van der Waals surface area (Å²) in [4.78, 5) is 10.8. The summed E-state index contributed by atoms with van der Waals surface area (Å²) in [6.07, 6.45) is 1.50. The summed E-state index contributed by atoms with van der Waals surface area (Å²) < 4.78 is 15.2. The maximum absolute atomic E-state index is 10.8. The zero-order chi connectivity index (χ0) is 8.85. The molecule has 66 valence electrons. The third-order valence-electron chi connectivity index (χ3n) is 1.00. The van der Waals surface area contributed by atoms with Crippen LogP contribution in [0.25, 0.3) is 0 Å². The second-order valence-electron chi connectivity index (χ2n) is 2.10. The van der Waals surface area contributed by atoms with Crippen LogP contribution in [0.15, 0.2) is 0 Å². The van der Waals surface area contributed by atoms with Crippen molar-refractivity contribution < 1.29 is 13.7 Å². The number of ether oxygens (including phenoxy) is 1. The van der Waals surface area contributed by atoms with Crippen molar-refractivity contribution in [3.8, 4) is 0 Å². The average molecular weight is 179 g/mol. The van der Waals surface area contributed by atoms with Crippen LogP contribution in [0.4, 0.5) is 0 Å². The fourth-order valence-electron chi connectivity index (χ4n) is 0.570. The van der Waals surface area contributed by atoms with Gasteiger partial charge in [0.15, 0.2) is 0 Å². The van der Waals surface area contributed by atoms with Gasteiger partial charge in [0.05, 0.1) is 6.61 Å². The van der Waals surface area contributed by atoms with E-state index in [4.69, 9.17) is 5.73 Å². The highest BCUT2D eigenvalue weighted by Gasteiger charge is 2.15. The highest BCUT2D eigenvalue weighted by atomic mass is 32.2. The predicted molar refractivity (Wildman–Crippen MR) is 43.5 cm³/mol. The van der Waals surface area contributed by atoms with Crippen molar-refractivity contribution in [1.82, 2.24) is 0 Å². The number of esters is 1. The predicted octanol–water partition coefficient (Wildman–Crippen LogP) is -0.745. The van der Waals surface area contributed by atoms with Crippen LogP contribution in [-0.4, -0.2) is 34.8 Å². The Kier molecular flexibility index (Phi) is 5.06. The Hall–Kier alpha value is -0.420. The molecule has 0 heterocycles. The van der Waals surface area contributed by atoms with Crippen molar-refractivity contribution in [2.45, 2.75) is 13.0 Å². The number of rotatable bonds is 4. The third kappa shape index (κ3) is 4.92. The minimum absolute atomic E-state index is 0.166. The number of nitrogens with two attached hydrogens (primary N) is 1. The second-order valence-corrected chi connectivity index (χ2v) is 3.58. The van der Waals surface area contributed by atoms with E-state index < -0.39 is 22.8 Å². The van der Waals surface area contributed by atoms with Gasteiger partial charge in [-0.05, 0) is 6.92 Å². The first-order valence-corrected chi connectivity index (χ1v) is 5.03. The summed E-state index contributed by atoms with van der Waals surface area (Å²) >= 11 is 0. The lowest BCUT2D eigenvalue weighted by molar-refractivity contribution is -0.144. The first kappa shape index (κ1) is 10.6. The maximum atomic E-state index is 10.8. The topological polar surface area (TPSA) is 69.4 Å². The normalized spacial score (nSPS) is 15.5. The van der Waals surface area contributed by atoms with Crippen molar-refractivity contribution in [3.05, 3.63) is 0 Å². The molecule has 0 fully saturated rings. The molecule has 0 bridgehead atoms. The molecule has 0 aromatic rings. The number of hydrogen-bond donors (Lipinski definition) is 1. The van der Waals surface area contributed by atoms with Crippen LogP contribution in [0.2, 0.25) is 0 Å². The van der Waals surface area contributed by atoms with Crippen LogP contribution in [0.1, 0.15) is 6.92 Å². The lowest BCUT2D eigenvalue weighted by Gasteiger charge is -2.07. The van der Waals surface area contributed by atoms with Gasteiger partial charge in [0.2, 0.25) is 0 Å². The monoisotopic (exact) mass is 179 g/mol. The molecule has 0 spiro atoms. The highest BCUT2D eigenvalue weighted by Crippen LogP contribution is 1.87. The van der Waals surface area contributed by atoms with Crippen molar-refractivity contribution in [3.63, 3.8) is 0 Å². The quantitative estimate of drug-likeness (QED) is 0.577. The van der Waals surface area contributed by atoms with E-state index in [0.29, 0.717) is 6.61 Å². The Morgan fingerprint density at radius 2 is 2.27 bits per heavy atom. The van der Waals surface area contributed by atoms with Crippen molar-refractivity contribution in [2.24, 2.45) is 5.73 Å². The van der Waals surface area contributed by atoms with Gasteiger partial charge in [-0.1, -0.05) is 0 Å². The van der Waals surface area contributed by atoms with E-state index >= 15 is 0 Å². The van der Waals surface area contributed by atoms with E-state index in [9.17, 15) is 9.00 Å². The van der Waals surface area contributed by atoms with E-state index in [0.717, 1.165) is 0 Å². The molecule has 0 radical (unpaired) electrons. The molecule has 0 saturated heterocycles. The molecule has 11 heavy (non-hydrogen) atoms. The van der Waals surface area contributed by atoms with E-state index in [1.807, 2.05) is 0 Å². The van der Waals surface area contributed by atoms with Gasteiger partial charge in [-0.2, -0.15) is 0 Å². The van der Waals surface area contributed by atoms with Gasteiger partial charge in [-0.15, -0.1) is 0 Å². The Bertz CT molecular complexity index is 160. The molecule has 0 aliphatic rings. The van der Waals surface area contributed by atoms with Gasteiger partial charge < -0.3 is 10.5 Å². The van der Waals surface area contributed by atoms with Crippen LogP contribution in [-0.2, 0) is 20.3 Å². The fourth-order valence-corrected chi connectivity index (χ4v) is 1.21. The smallest absolute Gasteiger partial charge is 0.323 e. The molecule has 5 heteroatoms. The van der Waals surface area contributed by atoms with Gasteiger partial charge in [0.25, 0.3) is 0 Å². The summed E-state index contributed by atoms with van der Waals surface area (Å²) in [5.74, 6) is -0.318. The number of carbonyl (C=O) groups is 1. The summed E-state index contributed by atoms with van der Waals surface area (Å²) in [6, 6.07) is -0.749. The summed E-state index contributed by atoms with van der Waals surface area (Å²) in [7, 11) is -1.05. The molecule has 0 aliphatic carbocycles. The van der Waals surface area contributed by atoms with E-state index in [-0.39, 0.29) is 5.75 Å². The number of hydrogen-bond acceptors (Lipinski definition) is 4. The molecule has 0 amide bonds. The van der Waals surface area contributed by atoms with E-state index in [1.54, 1.807) is 6.92 Å². The lowest BCUT2D eigenvalue weighted by atomic mass is 10.4. The number of carbonyl (C=O) groups excluding carboxylic acids is 1. The van der Waals surface area contributed by atoms with Crippen molar-refractivity contribution in [1.29, 1.82) is 0 Å². The van der Waals surface area contributed by atoms with Crippen LogP contribution in [0.3, 0.4) is 0 Å². The van der Waals surface area contributed by atoms with Gasteiger partial charge in [0.1, 0.15) is 6.04 Å². The maximum Gasteiger partial charge on any atom is 0.323 e. The van der Waals surface area contributed by atoms with Gasteiger partial charge in [-0.3, -0.25) is 9.00 Å². The van der Waals surface area contributed by atoms with Crippen LogP contribution in [0, 0.1) is 0 Å². The van der Waals surface area contributed by atoms with E-state index in [1.165, 1.54) is 6.26 Å². The minimum Gasteiger partial charge on any atom is -0.465 e. The minimum atomic E-state index is -1.05. The van der Waals surface area contributed by atoms with Crippen LogP contribution >= 0.6 is 0 Å². The fraction of sp³-hybridized carbons (Fsp3) is 0.833. The molecule has 0 rings (SSSR count). The molecule has 0 aliphatic heterocycles. The zero-order valence-corrected chi connectivity index (χ0v) is 7.52. The molecular formula is C6H13NO3S. The Morgan fingerprint density at radius 3 is 2.64 bits per heavy atom. The first-order valence-electron chi connectivity index (χ1n) is 3.30. The Balaban J connectivity index is 3.73. The third-order valence-corrected chi connectivity index (χ3v) is 1.83. The Morgan fingerprint density at radius 1 is 1.73 bits per heavy atom. The van der Waals surface area contributed by atoms with Gasteiger partial charge >= 0.3 is 5.97 Å². The summed E-state index contributed by atoms with van der Waals surface area (Å²) in [6.45, 7) is 2.01. The van der Waals surface area contributed by atoms with Crippen molar-refractivity contribution >= 4 is 16.8 Å². The van der Waals surface area contributed by atoms with Crippen LogP contribution in [0.5, 0.6) is 0 Å². The molecule has 4 nitrogen and oxygen atoms in total. The summed E-state index contributed by atoms with van der Waals surface area (Å²) in [5, 5.41) is 0. The average Bonchev–Trinajstić information content (AvgIpc) is 1.86.